The van der Waals surface area contributed by atoms with E-state index in [9.17, 15) is 4.79 Å². The Morgan fingerprint density at radius 3 is 2.27 bits per heavy atom. The van der Waals surface area contributed by atoms with Gasteiger partial charge in [0.2, 0.25) is 5.70 Å². The fourth-order valence-corrected chi connectivity index (χ4v) is 12.1. The lowest BCUT2D eigenvalue weighted by Gasteiger charge is -2.32. The molecule has 4 aliphatic heterocycles. The van der Waals surface area contributed by atoms with E-state index in [0.29, 0.717) is 61.3 Å². The summed E-state index contributed by atoms with van der Waals surface area (Å²) in [5.74, 6) is 0. The summed E-state index contributed by atoms with van der Waals surface area (Å²) in [6.45, 7) is 19.6. The number of hydrogen-bond acceptors (Lipinski definition) is 7. The van der Waals surface area contributed by atoms with Gasteiger partial charge in [0, 0.05) is 84.2 Å². The van der Waals surface area contributed by atoms with Crippen molar-refractivity contribution < 1.29 is 35.9 Å². The van der Waals surface area contributed by atoms with Gasteiger partial charge in [-0.05, 0) is 85.9 Å². The van der Waals surface area contributed by atoms with E-state index in [1.54, 1.807) is 26.0 Å². The van der Waals surface area contributed by atoms with Gasteiger partial charge in [-0.15, -0.1) is 0 Å². The first-order valence-corrected chi connectivity index (χ1v) is 24.5. The van der Waals surface area contributed by atoms with Crippen LogP contribution in [0.2, 0.25) is 0 Å². The molecule has 5 heterocycles. The predicted molar refractivity (Wildman–Crippen MR) is 268 cm³/mol. The van der Waals surface area contributed by atoms with E-state index >= 15 is 7.77 Å². The molecule has 0 bridgehead atoms. The zero-order valence-electron chi connectivity index (χ0n) is 39.9. The molecule has 67 heavy (non-hydrogen) atoms. The van der Waals surface area contributed by atoms with Gasteiger partial charge in [0.1, 0.15) is 6.61 Å². The number of carbonyl (C=O) groups is 1. The number of aliphatic hydroxyl groups is 1. The van der Waals surface area contributed by atoms with Gasteiger partial charge in [0.05, 0.1) is 37.1 Å². The first-order valence-electron chi connectivity index (χ1n) is 23.2. The fourth-order valence-electron chi connectivity index (χ4n) is 10.3. The number of aryl methyl sites for hydroxylation is 2. The van der Waals surface area contributed by atoms with Gasteiger partial charge < -0.3 is 29.1 Å². The number of carbonyl (C=O) groups excluding carboxylic acids is 1. The molecule has 2 N–H and O–H groups in total. The molecule has 4 aromatic rings. The van der Waals surface area contributed by atoms with Crippen molar-refractivity contribution in [2.75, 3.05) is 67.8 Å². The third kappa shape index (κ3) is 9.06. The van der Waals surface area contributed by atoms with Crippen molar-refractivity contribution >= 4 is 45.6 Å². The molecule has 0 saturated carbocycles. The normalized spacial score (nSPS) is 19.9. The second-order valence-corrected chi connectivity index (χ2v) is 20.2. The van der Waals surface area contributed by atoms with Crippen molar-refractivity contribution in [1.29, 1.82) is 0 Å². The summed E-state index contributed by atoms with van der Waals surface area (Å²) in [5.41, 5.74) is 11.5. The van der Waals surface area contributed by atoms with Crippen LogP contribution in [0.4, 0.5) is 29.6 Å². The number of ether oxygens (including phenoxy) is 3. The van der Waals surface area contributed by atoms with Gasteiger partial charge >= 0.3 is 17.3 Å². The lowest BCUT2D eigenvalue weighted by atomic mass is 9.80. The van der Waals surface area contributed by atoms with Crippen LogP contribution in [-0.2, 0) is 25.0 Å². The van der Waals surface area contributed by atoms with Crippen LogP contribution >= 0.6 is 11.2 Å². The SMILES string of the molecule is CC1=CC(C)=[N+]2C1=C(c1ccc(NC(=O)OCCOCCN3C(=CC=CC=CC4N(CCOCCCO)c5ccccc5C4(C)C)C(C)(C)c4ccccc43)cc1)c1c(C)cc(C)n1S2(F)F. The van der Waals surface area contributed by atoms with Gasteiger partial charge in [0.15, 0.2) is 5.71 Å². The highest BCUT2D eigenvalue weighted by molar-refractivity contribution is 8.18. The van der Waals surface area contributed by atoms with Crippen molar-refractivity contribution in [1.82, 2.24) is 3.97 Å². The third-order valence-electron chi connectivity index (χ3n) is 13.4. The summed E-state index contributed by atoms with van der Waals surface area (Å²) in [4.78, 5) is 17.6. The van der Waals surface area contributed by atoms with Crippen molar-refractivity contribution in [3.05, 3.63) is 166 Å². The lowest BCUT2D eigenvalue weighted by Crippen LogP contribution is -2.41. The second kappa shape index (κ2) is 19.5. The van der Waals surface area contributed by atoms with E-state index < -0.39 is 17.3 Å². The maximum atomic E-state index is 16.1. The van der Waals surface area contributed by atoms with Crippen molar-refractivity contribution in [2.24, 2.45) is 0 Å². The van der Waals surface area contributed by atoms with Crippen LogP contribution in [0.1, 0.15) is 81.6 Å². The number of benzene rings is 3. The van der Waals surface area contributed by atoms with Crippen LogP contribution in [0.15, 0.2) is 132 Å². The number of halogens is 2. The van der Waals surface area contributed by atoms with Crippen LogP contribution in [0.3, 0.4) is 0 Å². The van der Waals surface area contributed by atoms with Gasteiger partial charge in [0.25, 0.3) is 0 Å². The summed E-state index contributed by atoms with van der Waals surface area (Å²) in [5, 5.41) is 12.0. The molecular formula is C54H64F2N5O5S+. The first kappa shape index (κ1) is 47.8. The molecule has 4 aliphatic rings. The molecule has 3 aromatic carbocycles. The molecule has 1 unspecified atom stereocenters. The molecule has 0 radical (unpaired) electrons. The smallest absolute Gasteiger partial charge is 0.411 e. The Morgan fingerprint density at radius 1 is 0.836 bits per heavy atom. The molecule has 0 spiro atoms. The Morgan fingerprint density at radius 2 is 1.52 bits per heavy atom. The van der Waals surface area contributed by atoms with E-state index in [1.807, 2.05) is 38.1 Å². The highest BCUT2D eigenvalue weighted by Gasteiger charge is 2.54. The van der Waals surface area contributed by atoms with Crippen molar-refractivity contribution in [2.45, 2.75) is 78.7 Å². The minimum absolute atomic E-state index is 0.0700. The molecule has 8 rings (SSSR count). The van der Waals surface area contributed by atoms with E-state index in [-0.39, 0.29) is 36.7 Å². The molecule has 0 fully saturated rings. The number of para-hydroxylation sites is 2. The Labute approximate surface area is 396 Å². The number of amides is 1. The van der Waals surface area contributed by atoms with Crippen LogP contribution in [-0.4, -0.2) is 83.6 Å². The Hall–Kier alpha value is -5.73. The summed E-state index contributed by atoms with van der Waals surface area (Å²) < 4.78 is 51.9. The van der Waals surface area contributed by atoms with E-state index in [4.69, 9.17) is 19.3 Å². The molecular weight excluding hydrogens is 869 g/mol. The van der Waals surface area contributed by atoms with E-state index in [1.165, 1.54) is 30.5 Å². The standard InChI is InChI=1S/C54H63F2N5O5S/c1-37-35-39(3)60-50(37)49(51-38(2)36-40(4)61(51)67(60,55)56)41-23-25-42(26-24-41)57-52(63)66-34-33-65-32-28-59-46-20-15-13-18-44(46)54(7,8)48(59)22-11-9-10-21-47-53(5,6)43-17-12-14-19-45(43)58(47)27-31-64-30-16-29-62/h9-15,17-26,35-36,47,62H,16,27-34H2,1-8H3/p+1. The Kier molecular flexibility index (Phi) is 13.9. The van der Waals surface area contributed by atoms with Gasteiger partial charge in [-0.25, -0.2) is 8.77 Å². The summed E-state index contributed by atoms with van der Waals surface area (Å²) in [6, 6.07) is 26.3. The van der Waals surface area contributed by atoms with E-state index in [2.05, 4.69) is 122 Å². The lowest BCUT2D eigenvalue weighted by molar-refractivity contribution is -0.304. The van der Waals surface area contributed by atoms with Crippen LogP contribution in [0, 0.1) is 13.8 Å². The third-order valence-corrected chi connectivity index (χ3v) is 15.2. The highest BCUT2D eigenvalue weighted by Crippen LogP contribution is 2.64. The zero-order chi connectivity index (χ0) is 47.7. The number of aliphatic hydroxyl groups excluding tert-OH is 1. The number of rotatable bonds is 17. The Bertz CT molecular complexity index is 2710. The van der Waals surface area contributed by atoms with Crippen molar-refractivity contribution in [3.63, 3.8) is 0 Å². The maximum absolute atomic E-state index is 16.1. The number of nitrogens with one attached hydrogen (secondary N) is 1. The number of aromatic nitrogens is 1. The summed E-state index contributed by atoms with van der Waals surface area (Å²) in [7, 11) is 0. The number of nitrogens with zero attached hydrogens (tertiary/aromatic N) is 4. The Balaban J connectivity index is 0.862. The molecule has 354 valence electrons. The summed E-state index contributed by atoms with van der Waals surface area (Å²) in [6.07, 6.45) is 12.7. The fraction of sp³-hybridized carbons (Fsp3) is 0.370. The molecule has 1 amide bonds. The quantitative estimate of drug-likeness (QED) is 0.0619. The molecule has 10 nitrogen and oxygen atoms in total. The molecule has 1 atom stereocenters. The minimum atomic E-state index is -4.33. The van der Waals surface area contributed by atoms with E-state index in [0.717, 1.165) is 34.5 Å². The van der Waals surface area contributed by atoms with Gasteiger partial charge in [-0.2, -0.15) is 0 Å². The van der Waals surface area contributed by atoms with Gasteiger partial charge in [-0.1, -0.05) is 112 Å². The molecule has 0 saturated heterocycles. The molecule has 1 aromatic heterocycles. The minimum Gasteiger partial charge on any atom is -0.447 e. The summed E-state index contributed by atoms with van der Waals surface area (Å²) >= 11 is -4.33. The molecule has 13 heteroatoms. The molecule has 0 aliphatic carbocycles. The average molecular weight is 933 g/mol. The number of allylic oxidation sites excluding steroid dienone is 7. The largest absolute Gasteiger partial charge is 0.447 e. The average Bonchev–Trinajstić information content (AvgIpc) is 3.92. The van der Waals surface area contributed by atoms with Crippen LogP contribution in [0.5, 0.6) is 0 Å². The second-order valence-electron chi connectivity index (χ2n) is 18.6. The van der Waals surface area contributed by atoms with Gasteiger partial charge in [-0.3, -0.25) is 5.32 Å². The van der Waals surface area contributed by atoms with Crippen LogP contribution in [0.25, 0.3) is 5.57 Å². The highest BCUT2D eigenvalue weighted by atomic mass is 32.3. The van der Waals surface area contributed by atoms with Crippen LogP contribution < -0.4 is 15.1 Å². The number of hydrogen-bond donors (Lipinski definition) is 2. The number of anilines is 3. The van der Waals surface area contributed by atoms with Crippen molar-refractivity contribution in [3.8, 4) is 0 Å². The number of fused-ring (bicyclic) bond motifs is 4. The maximum Gasteiger partial charge on any atom is 0.411 e. The first-order chi connectivity index (χ1) is 32.1. The predicted octanol–water partition coefficient (Wildman–Crippen LogP) is 11.5. The topological polar surface area (TPSA) is 91.4 Å². The zero-order valence-corrected chi connectivity index (χ0v) is 40.8. The monoisotopic (exact) mass is 932 g/mol.